The lowest BCUT2D eigenvalue weighted by molar-refractivity contribution is 0.133. The molecule has 0 aliphatic heterocycles. The Bertz CT molecular complexity index is 501. The van der Waals surface area contributed by atoms with Crippen LogP contribution < -0.4 is 10.5 Å². The summed E-state index contributed by atoms with van der Waals surface area (Å²) in [7, 11) is -3.45. The van der Waals surface area contributed by atoms with E-state index in [-0.39, 0.29) is 4.90 Å². The van der Waals surface area contributed by atoms with Crippen LogP contribution in [-0.4, -0.2) is 28.2 Å². The first-order valence-corrected chi connectivity index (χ1v) is 7.89. The number of rotatable bonds is 8. The SMILES string of the molecule is CCCOCCCNS(=O)(=O)c1ccc(N)c(C)c1. The number of nitrogen functional groups attached to an aromatic ring is 1. The van der Waals surface area contributed by atoms with Gasteiger partial charge in [0.2, 0.25) is 10.0 Å². The van der Waals surface area contributed by atoms with E-state index in [1.54, 1.807) is 19.1 Å². The van der Waals surface area contributed by atoms with Crippen LogP contribution in [0.25, 0.3) is 0 Å². The monoisotopic (exact) mass is 286 g/mol. The van der Waals surface area contributed by atoms with E-state index in [0.29, 0.717) is 31.9 Å². The van der Waals surface area contributed by atoms with E-state index in [2.05, 4.69) is 4.72 Å². The third-order valence-corrected chi connectivity index (χ3v) is 4.12. The Morgan fingerprint density at radius 2 is 2.05 bits per heavy atom. The van der Waals surface area contributed by atoms with Crippen molar-refractivity contribution in [2.45, 2.75) is 31.6 Å². The lowest BCUT2D eigenvalue weighted by atomic mass is 10.2. The number of nitrogens with one attached hydrogen (secondary N) is 1. The van der Waals surface area contributed by atoms with Crippen molar-refractivity contribution < 1.29 is 13.2 Å². The highest BCUT2D eigenvalue weighted by Crippen LogP contribution is 2.16. The summed E-state index contributed by atoms with van der Waals surface area (Å²) >= 11 is 0. The molecule has 0 saturated heterocycles. The van der Waals surface area contributed by atoms with Crippen molar-refractivity contribution in [2.75, 3.05) is 25.5 Å². The van der Waals surface area contributed by atoms with E-state index >= 15 is 0 Å². The molecule has 0 unspecified atom stereocenters. The number of aryl methyl sites for hydroxylation is 1. The summed E-state index contributed by atoms with van der Waals surface area (Å²) < 4.78 is 31.8. The molecule has 0 bridgehead atoms. The molecule has 108 valence electrons. The van der Waals surface area contributed by atoms with Crippen molar-refractivity contribution in [2.24, 2.45) is 0 Å². The van der Waals surface area contributed by atoms with E-state index in [4.69, 9.17) is 10.5 Å². The largest absolute Gasteiger partial charge is 0.399 e. The van der Waals surface area contributed by atoms with Crippen LogP contribution in [0.1, 0.15) is 25.3 Å². The van der Waals surface area contributed by atoms with Crippen LogP contribution >= 0.6 is 0 Å². The maximum Gasteiger partial charge on any atom is 0.240 e. The highest BCUT2D eigenvalue weighted by molar-refractivity contribution is 7.89. The van der Waals surface area contributed by atoms with E-state index in [1.165, 1.54) is 6.07 Å². The molecule has 1 aromatic carbocycles. The maximum atomic E-state index is 12.0. The van der Waals surface area contributed by atoms with Crippen molar-refractivity contribution >= 4 is 15.7 Å². The van der Waals surface area contributed by atoms with Gasteiger partial charge in [-0.3, -0.25) is 0 Å². The zero-order valence-electron chi connectivity index (χ0n) is 11.5. The summed E-state index contributed by atoms with van der Waals surface area (Å²) in [5.74, 6) is 0. The second-order valence-corrected chi connectivity index (χ2v) is 6.15. The molecular formula is C13H22N2O3S. The molecule has 1 aromatic rings. The molecule has 3 N–H and O–H groups in total. The summed E-state index contributed by atoms with van der Waals surface area (Å²) in [6.45, 7) is 5.47. The van der Waals surface area contributed by atoms with Gasteiger partial charge in [-0.2, -0.15) is 0 Å². The number of ether oxygens (including phenoxy) is 1. The minimum Gasteiger partial charge on any atom is -0.399 e. The van der Waals surface area contributed by atoms with Gasteiger partial charge in [-0.25, -0.2) is 13.1 Å². The predicted molar refractivity (Wildman–Crippen MR) is 76.5 cm³/mol. The van der Waals surface area contributed by atoms with Crippen molar-refractivity contribution in [3.8, 4) is 0 Å². The summed E-state index contributed by atoms with van der Waals surface area (Å²) in [6, 6.07) is 4.69. The zero-order chi connectivity index (χ0) is 14.3. The molecule has 5 nitrogen and oxygen atoms in total. The maximum absolute atomic E-state index is 12.0. The topological polar surface area (TPSA) is 81.4 Å². The predicted octanol–water partition coefficient (Wildman–Crippen LogP) is 1.67. The molecule has 0 atom stereocenters. The van der Waals surface area contributed by atoms with Crippen LogP contribution in [0.5, 0.6) is 0 Å². The normalized spacial score (nSPS) is 11.7. The lowest BCUT2D eigenvalue weighted by Gasteiger charge is -2.08. The first-order valence-electron chi connectivity index (χ1n) is 6.41. The van der Waals surface area contributed by atoms with Crippen molar-refractivity contribution in [3.05, 3.63) is 23.8 Å². The zero-order valence-corrected chi connectivity index (χ0v) is 12.3. The van der Waals surface area contributed by atoms with E-state index in [1.807, 2.05) is 6.92 Å². The molecule has 0 heterocycles. The lowest BCUT2D eigenvalue weighted by Crippen LogP contribution is -2.25. The number of hydrogen-bond donors (Lipinski definition) is 2. The minimum atomic E-state index is -3.45. The third kappa shape index (κ3) is 5.18. The van der Waals surface area contributed by atoms with Crippen LogP contribution in [0.4, 0.5) is 5.69 Å². The Morgan fingerprint density at radius 1 is 1.32 bits per heavy atom. The highest BCUT2D eigenvalue weighted by Gasteiger charge is 2.13. The second-order valence-electron chi connectivity index (χ2n) is 4.38. The number of nitrogens with two attached hydrogens (primary N) is 1. The number of hydrogen-bond acceptors (Lipinski definition) is 4. The quantitative estimate of drug-likeness (QED) is 0.562. The molecule has 0 radical (unpaired) electrons. The van der Waals surface area contributed by atoms with Crippen LogP contribution in [0.2, 0.25) is 0 Å². The fourth-order valence-corrected chi connectivity index (χ4v) is 2.68. The van der Waals surface area contributed by atoms with Gasteiger partial charge in [0.05, 0.1) is 4.90 Å². The van der Waals surface area contributed by atoms with Crippen molar-refractivity contribution in [1.82, 2.24) is 4.72 Å². The fourth-order valence-electron chi connectivity index (χ4n) is 1.53. The van der Waals surface area contributed by atoms with Gasteiger partial charge in [0, 0.05) is 25.4 Å². The molecule has 0 fully saturated rings. The van der Waals surface area contributed by atoms with Gasteiger partial charge in [-0.15, -0.1) is 0 Å². The van der Waals surface area contributed by atoms with Gasteiger partial charge in [-0.05, 0) is 43.5 Å². The van der Waals surface area contributed by atoms with Gasteiger partial charge >= 0.3 is 0 Å². The Morgan fingerprint density at radius 3 is 2.68 bits per heavy atom. The Kier molecular flexibility index (Phi) is 6.27. The third-order valence-electron chi connectivity index (χ3n) is 2.66. The molecule has 0 aromatic heterocycles. The second kappa shape index (κ2) is 7.47. The summed E-state index contributed by atoms with van der Waals surface area (Å²) in [6.07, 6.45) is 1.63. The van der Waals surface area contributed by atoms with Gasteiger partial charge in [-0.1, -0.05) is 6.92 Å². The van der Waals surface area contributed by atoms with Crippen molar-refractivity contribution in [3.63, 3.8) is 0 Å². The molecule has 6 heteroatoms. The average molecular weight is 286 g/mol. The van der Waals surface area contributed by atoms with Gasteiger partial charge in [0.1, 0.15) is 0 Å². The van der Waals surface area contributed by atoms with E-state index in [0.717, 1.165) is 12.0 Å². The molecule has 0 saturated carbocycles. The first-order chi connectivity index (χ1) is 8.97. The standard InChI is InChI=1S/C13H22N2O3S/c1-3-8-18-9-4-7-15-19(16,17)12-5-6-13(14)11(2)10-12/h5-6,10,15H,3-4,7-9,14H2,1-2H3. The van der Waals surface area contributed by atoms with Gasteiger partial charge in [0.25, 0.3) is 0 Å². The Hall–Kier alpha value is -1.11. The van der Waals surface area contributed by atoms with Crippen LogP contribution in [0.3, 0.4) is 0 Å². The molecular weight excluding hydrogens is 264 g/mol. The number of benzene rings is 1. The molecule has 19 heavy (non-hydrogen) atoms. The molecule has 0 aliphatic rings. The summed E-state index contributed by atoms with van der Waals surface area (Å²) in [5.41, 5.74) is 7.02. The molecule has 1 rings (SSSR count). The summed E-state index contributed by atoms with van der Waals surface area (Å²) in [4.78, 5) is 0.244. The fraction of sp³-hybridized carbons (Fsp3) is 0.538. The van der Waals surface area contributed by atoms with Crippen LogP contribution in [-0.2, 0) is 14.8 Å². The van der Waals surface area contributed by atoms with Crippen LogP contribution in [0, 0.1) is 6.92 Å². The average Bonchev–Trinajstić information content (AvgIpc) is 2.36. The van der Waals surface area contributed by atoms with Gasteiger partial charge < -0.3 is 10.5 Å². The first kappa shape index (κ1) is 15.9. The van der Waals surface area contributed by atoms with Crippen molar-refractivity contribution in [1.29, 1.82) is 0 Å². The Labute approximate surface area is 115 Å². The smallest absolute Gasteiger partial charge is 0.240 e. The number of anilines is 1. The molecule has 0 aliphatic carbocycles. The highest BCUT2D eigenvalue weighted by atomic mass is 32.2. The number of sulfonamides is 1. The van der Waals surface area contributed by atoms with E-state index in [9.17, 15) is 8.42 Å². The summed E-state index contributed by atoms with van der Waals surface area (Å²) in [5, 5.41) is 0. The van der Waals surface area contributed by atoms with Gasteiger partial charge in [0.15, 0.2) is 0 Å². The molecule has 0 spiro atoms. The minimum absolute atomic E-state index is 0.244. The van der Waals surface area contributed by atoms with E-state index < -0.39 is 10.0 Å². The van der Waals surface area contributed by atoms with Crippen LogP contribution in [0.15, 0.2) is 23.1 Å². The molecule has 0 amide bonds. The Balaban J connectivity index is 2.49.